The van der Waals surface area contributed by atoms with Gasteiger partial charge in [0.25, 0.3) is 0 Å². The maximum atomic E-state index is 11.1. The molecule has 1 N–H and O–H groups in total. The summed E-state index contributed by atoms with van der Waals surface area (Å²) in [7, 11) is -3.32. The van der Waals surface area contributed by atoms with E-state index in [1.165, 1.54) is 6.07 Å². The van der Waals surface area contributed by atoms with E-state index in [4.69, 9.17) is 16.3 Å². The van der Waals surface area contributed by atoms with Crippen LogP contribution in [-0.2, 0) is 10.0 Å². The Kier molecular flexibility index (Phi) is 3.82. The summed E-state index contributed by atoms with van der Waals surface area (Å²) in [6, 6.07) is 4.77. The number of nitrogens with one attached hydrogen (secondary N) is 1. The number of benzene rings is 1. The van der Waals surface area contributed by atoms with Crippen LogP contribution in [0.5, 0.6) is 5.75 Å². The lowest BCUT2D eigenvalue weighted by atomic mass is 10.3. The van der Waals surface area contributed by atoms with Crippen molar-refractivity contribution in [2.45, 2.75) is 6.92 Å². The molecule has 6 heteroatoms. The first-order valence-corrected chi connectivity index (χ1v) is 6.59. The fourth-order valence-electron chi connectivity index (χ4n) is 1.06. The highest BCUT2D eigenvalue weighted by Gasteiger charge is 2.08. The van der Waals surface area contributed by atoms with E-state index in [1.54, 1.807) is 12.1 Å². The van der Waals surface area contributed by atoms with Crippen molar-refractivity contribution in [3.63, 3.8) is 0 Å². The molecule has 0 radical (unpaired) electrons. The zero-order valence-corrected chi connectivity index (χ0v) is 10.0. The molecule has 0 aliphatic heterocycles. The van der Waals surface area contributed by atoms with Crippen LogP contribution in [0.4, 0.5) is 5.69 Å². The van der Waals surface area contributed by atoms with Crippen molar-refractivity contribution in [2.24, 2.45) is 0 Å². The van der Waals surface area contributed by atoms with Gasteiger partial charge in [-0.2, -0.15) is 0 Å². The fourth-order valence-corrected chi connectivity index (χ4v) is 1.79. The van der Waals surface area contributed by atoms with Crippen LogP contribution in [0.3, 0.4) is 0 Å². The molecule has 0 aliphatic rings. The molecule has 0 saturated carbocycles. The molecule has 4 nitrogen and oxygen atoms in total. The van der Waals surface area contributed by atoms with Crippen molar-refractivity contribution in [1.29, 1.82) is 0 Å². The van der Waals surface area contributed by atoms with Crippen molar-refractivity contribution < 1.29 is 13.2 Å². The Bertz CT molecular complexity index is 445. The third-order valence-electron chi connectivity index (χ3n) is 1.54. The van der Waals surface area contributed by atoms with E-state index in [2.05, 4.69) is 4.72 Å². The summed E-state index contributed by atoms with van der Waals surface area (Å²) in [5, 5.41) is 0.449. The summed E-state index contributed by atoms with van der Waals surface area (Å²) >= 11 is 5.76. The van der Waals surface area contributed by atoms with E-state index in [-0.39, 0.29) is 0 Å². The highest BCUT2D eigenvalue weighted by atomic mass is 35.5. The average molecular weight is 250 g/mol. The van der Waals surface area contributed by atoms with E-state index in [0.717, 1.165) is 6.26 Å². The van der Waals surface area contributed by atoms with E-state index >= 15 is 0 Å². The molecule has 0 fully saturated rings. The van der Waals surface area contributed by atoms with E-state index in [1.807, 2.05) is 6.92 Å². The summed E-state index contributed by atoms with van der Waals surface area (Å²) in [6.45, 7) is 2.28. The lowest BCUT2D eigenvalue weighted by molar-refractivity contribution is 0.342. The van der Waals surface area contributed by atoms with Gasteiger partial charge in [0.2, 0.25) is 10.0 Å². The third-order valence-corrected chi connectivity index (χ3v) is 2.36. The minimum atomic E-state index is -3.32. The molecule has 1 aromatic rings. The standard InChI is InChI=1S/C9H12ClNO3S/c1-3-14-9-5-4-7(10)6-8(9)11-15(2,12)13/h4-6,11H,3H2,1-2H3. The Morgan fingerprint density at radius 3 is 2.67 bits per heavy atom. The molecule has 1 aromatic carbocycles. The SMILES string of the molecule is CCOc1ccc(Cl)cc1NS(C)(=O)=O. The van der Waals surface area contributed by atoms with Gasteiger partial charge in [-0.15, -0.1) is 0 Å². The van der Waals surface area contributed by atoms with Gasteiger partial charge in [-0.3, -0.25) is 4.72 Å². The molecule has 0 aliphatic carbocycles. The summed E-state index contributed by atoms with van der Waals surface area (Å²) in [5.74, 6) is 0.465. The van der Waals surface area contributed by atoms with E-state index in [9.17, 15) is 8.42 Å². The van der Waals surface area contributed by atoms with Crippen LogP contribution in [0.25, 0.3) is 0 Å². The maximum Gasteiger partial charge on any atom is 0.229 e. The van der Waals surface area contributed by atoms with Gasteiger partial charge in [-0.25, -0.2) is 8.42 Å². The van der Waals surface area contributed by atoms with Crippen molar-refractivity contribution in [2.75, 3.05) is 17.6 Å². The average Bonchev–Trinajstić information content (AvgIpc) is 2.07. The first-order chi connectivity index (χ1) is 6.92. The summed E-state index contributed by atoms with van der Waals surface area (Å²) in [6.07, 6.45) is 1.07. The minimum Gasteiger partial charge on any atom is -0.492 e. The molecule has 0 atom stereocenters. The first-order valence-electron chi connectivity index (χ1n) is 4.32. The molecule has 0 spiro atoms. The van der Waals surface area contributed by atoms with Gasteiger partial charge in [0.05, 0.1) is 18.6 Å². The van der Waals surface area contributed by atoms with Crippen LogP contribution in [0.2, 0.25) is 5.02 Å². The summed E-state index contributed by atoms with van der Waals surface area (Å²) in [4.78, 5) is 0. The molecule has 0 heterocycles. The predicted octanol–water partition coefficient (Wildman–Crippen LogP) is 2.11. The number of rotatable bonds is 4. The molecule has 15 heavy (non-hydrogen) atoms. The lowest BCUT2D eigenvalue weighted by Crippen LogP contribution is -2.10. The van der Waals surface area contributed by atoms with Gasteiger partial charge in [-0.1, -0.05) is 11.6 Å². The minimum absolute atomic E-state index is 0.354. The molecule has 84 valence electrons. The maximum absolute atomic E-state index is 11.1. The van der Waals surface area contributed by atoms with E-state index in [0.29, 0.717) is 23.1 Å². The second kappa shape index (κ2) is 4.72. The monoisotopic (exact) mass is 249 g/mol. The Balaban J connectivity index is 3.07. The summed E-state index contributed by atoms with van der Waals surface area (Å²) < 4.78 is 29.7. The van der Waals surface area contributed by atoms with Gasteiger partial charge >= 0.3 is 0 Å². The molecule has 0 aromatic heterocycles. The van der Waals surface area contributed by atoms with Gasteiger partial charge in [0.15, 0.2) is 0 Å². The molecule has 1 rings (SSSR count). The van der Waals surface area contributed by atoms with Gasteiger partial charge in [-0.05, 0) is 25.1 Å². The zero-order valence-electron chi connectivity index (χ0n) is 8.45. The number of ether oxygens (including phenoxy) is 1. The van der Waals surface area contributed by atoms with Crippen molar-refractivity contribution >= 4 is 27.3 Å². The normalized spacial score (nSPS) is 11.1. The van der Waals surface area contributed by atoms with Crippen LogP contribution < -0.4 is 9.46 Å². The Morgan fingerprint density at radius 2 is 2.13 bits per heavy atom. The Labute approximate surface area is 94.3 Å². The zero-order chi connectivity index (χ0) is 11.5. The number of halogens is 1. The van der Waals surface area contributed by atoms with Gasteiger partial charge < -0.3 is 4.74 Å². The van der Waals surface area contributed by atoms with Crippen molar-refractivity contribution in [1.82, 2.24) is 0 Å². The number of sulfonamides is 1. The van der Waals surface area contributed by atoms with E-state index < -0.39 is 10.0 Å². The van der Waals surface area contributed by atoms with Crippen LogP contribution >= 0.6 is 11.6 Å². The number of hydrogen-bond acceptors (Lipinski definition) is 3. The molecule has 0 unspecified atom stereocenters. The molecule has 0 saturated heterocycles. The van der Waals surface area contributed by atoms with Crippen LogP contribution in [0.1, 0.15) is 6.92 Å². The molecule has 0 bridgehead atoms. The highest BCUT2D eigenvalue weighted by molar-refractivity contribution is 7.92. The van der Waals surface area contributed by atoms with Crippen LogP contribution in [0.15, 0.2) is 18.2 Å². The largest absolute Gasteiger partial charge is 0.492 e. The van der Waals surface area contributed by atoms with Crippen LogP contribution in [0, 0.1) is 0 Å². The highest BCUT2D eigenvalue weighted by Crippen LogP contribution is 2.28. The second-order valence-electron chi connectivity index (χ2n) is 2.95. The smallest absolute Gasteiger partial charge is 0.229 e. The first kappa shape index (κ1) is 12.1. The van der Waals surface area contributed by atoms with Gasteiger partial charge in [0.1, 0.15) is 5.75 Å². The third kappa shape index (κ3) is 3.97. The molecular formula is C9H12ClNO3S. The summed E-state index contributed by atoms with van der Waals surface area (Å²) in [5.41, 5.74) is 0.354. The Morgan fingerprint density at radius 1 is 1.47 bits per heavy atom. The molecule has 0 amide bonds. The molecular weight excluding hydrogens is 238 g/mol. The number of hydrogen-bond donors (Lipinski definition) is 1. The Hall–Kier alpha value is -0.940. The number of anilines is 1. The van der Waals surface area contributed by atoms with Crippen LogP contribution in [-0.4, -0.2) is 21.3 Å². The van der Waals surface area contributed by atoms with Gasteiger partial charge in [0, 0.05) is 5.02 Å². The topological polar surface area (TPSA) is 55.4 Å². The lowest BCUT2D eigenvalue weighted by Gasteiger charge is -2.11. The van der Waals surface area contributed by atoms with Crippen molar-refractivity contribution in [3.05, 3.63) is 23.2 Å². The second-order valence-corrected chi connectivity index (χ2v) is 5.13. The fraction of sp³-hybridized carbons (Fsp3) is 0.333. The predicted molar refractivity (Wildman–Crippen MR) is 61.1 cm³/mol. The van der Waals surface area contributed by atoms with Crippen molar-refractivity contribution in [3.8, 4) is 5.75 Å². The quantitative estimate of drug-likeness (QED) is 0.889.